The molecule has 6 heteroatoms. The van der Waals surface area contributed by atoms with E-state index in [1.807, 2.05) is 0 Å². The molecule has 0 radical (unpaired) electrons. The molecule has 240 valence electrons. The first-order valence-electron chi connectivity index (χ1n) is 16.7. The van der Waals surface area contributed by atoms with Gasteiger partial charge < -0.3 is 13.6 Å². The average molecular weight is 617 g/mol. The van der Waals surface area contributed by atoms with Crippen LogP contribution < -0.4 is 0 Å². The molecule has 0 bridgehead atoms. The molecule has 0 unspecified atom stereocenters. The van der Waals surface area contributed by atoms with Gasteiger partial charge in [0.2, 0.25) is 0 Å². The van der Waals surface area contributed by atoms with Crippen molar-refractivity contribution in [3.8, 4) is 0 Å². The van der Waals surface area contributed by atoms with Crippen molar-refractivity contribution in [2.45, 2.75) is 156 Å². The molecule has 3 rings (SSSR count). The zero-order valence-corrected chi connectivity index (χ0v) is 31.5. The number of fused-ring (bicyclic) bond motifs is 1. The molecule has 3 fully saturated rings. The van der Waals surface area contributed by atoms with E-state index >= 15 is 0 Å². The minimum atomic E-state index is -1.98. The van der Waals surface area contributed by atoms with Gasteiger partial charge in [-0.15, -0.1) is 0 Å². The van der Waals surface area contributed by atoms with Crippen molar-refractivity contribution in [2.24, 2.45) is 23.2 Å². The summed E-state index contributed by atoms with van der Waals surface area (Å²) >= 11 is 0. The molecule has 0 aromatic carbocycles. The van der Waals surface area contributed by atoms with Gasteiger partial charge in [-0.1, -0.05) is 85.3 Å². The van der Waals surface area contributed by atoms with Gasteiger partial charge in [0.05, 0.1) is 18.8 Å². The van der Waals surface area contributed by atoms with Gasteiger partial charge >= 0.3 is 5.97 Å². The maximum Gasteiger partial charge on any atom is 0.302 e. The lowest BCUT2D eigenvalue weighted by molar-refractivity contribution is -0.143. The number of carbonyl (C=O) groups is 1. The van der Waals surface area contributed by atoms with Gasteiger partial charge in [0.1, 0.15) is 0 Å². The molecule has 4 nitrogen and oxygen atoms in total. The molecule has 6 atom stereocenters. The van der Waals surface area contributed by atoms with Crippen LogP contribution in [0.15, 0.2) is 35.5 Å². The van der Waals surface area contributed by atoms with Crippen LogP contribution >= 0.6 is 0 Å². The number of esters is 1. The predicted molar refractivity (Wildman–Crippen MR) is 183 cm³/mol. The first-order chi connectivity index (χ1) is 19.1. The van der Waals surface area contributed by atoms with Gasteiger partial charge in [-0.05, 0) is 110 Å². The van der Waals surface area contributed by atoms with E-state index < -0.39 is 16.6 Å². The molecular weight excluding hydrogens is 553 g/mol. The standard InChI is InChI=1S/C36H64O4Si2/c1-25(24-38-27(3)37)30-19-20-31-29(16-15-21-36(30,31)10)18-17-28-22-32(39-41(11,12)34(4,5)6)26(2)33(23-28)40-42(13,14)35(7,8)9/h17-18,25,30-33H,2,15-16,19-24H2,1,3-14H3/t25-,30-,31+,32-,33-,36-/m1/s1. The molecule has 0 N–H and O–H groups in total. The largest absolute Gasteiger partial charge is 0.466 e. The number of carbonyl (C=O) groups excluding carboxylic acids is 1. The van der Waals surface area contributed by atoms with Gasteiger partial charge in [-0.25, -0.2) is 0 Å². The second-order valence-electron chi connectivity index (χ2n) is 17.2. The summed E-state index contributed by atoms with van der Waals surface area (Å²) in [6.07, 6.45) is 12.9. The van der Waals surface area contributed by atoms with Crippen molar-refractivity contribution in [3.05, 3.63) is 35.5 Å². The van der Waals surface area contributed by atoms with Gasteiger partial charge in [0.25, 0.3) is 0 Å². The Hall–Kier alpha value is -0.956. The third-order valence-corrected chi connectivity index (χ3v) is 21.0. The molecular formula is C36H64O4Si2. The Bertz CT molecular complexity index is 1020. The minimum Gasteiger partial charge on any atom is -0.466 e. The number of ether oxygens (including phenoxy) is 1. The molecule has 0 saturated heterocycles. The SMILES string of the molecule is C=C1[C@H](O[Si](C)(C)C(C)(C)C)CC(=CC=C2CCC[C@]3(C)[C@@H]([C@H](C)COC(C)=O)CC[C@@H]23)C[C@H]1O[Si](C)(C)C(C)(C)C. The van der Waals surface area contributed by atoms with Crippen LogP contribution in [0.3, 0.4) is 0 Å². The van der Waals surface area contributed by atoms with Crippen LogP contribution in [-0.4, -0.2) is 41.4 Å². The van der Waals surface area contributed by atoms with Crippen molar-refractivity contribution >= 4 is 22.6 Å². The minimum absolute atomic E-state index is 0.00803. The van der Waals surface area contributed by atoms with Crippen LogP contribution in [0.25, 0.3) is 0 Å². The molecule has 0 heterocycles. The highest BCUT2D eigenvalue weighted by atomic mass is 28.4. The summed E-state index contributed by atoms with van der Waals surface area (Å²) in [7, 11) is -3.97. The van der Waals surface area contributed by atoms with Crippen molar-refractivity contribution in [1.29, 1.82) is 0 Å². The highest BCUT2D eigenvalue weighted by Gasteiger charge is 2.51. The first kappa shape index (κ1) is 35.5. The summed E-state index contributed by atoms with van der Waals surface area (Å²) < 4.78 is 19.5. The molecule has 42 heavy (non-hydrogen) atoms. The molecule has 0 aromatic heterocycles. The van der Waals surface area contributed by atoms with Gasteiger partial charge in [0, 0.05) is 6.92 Å². The summed E-state index contributed by atoms with van der Waals surface area (Å²) in [4.78, 5) is 11.5. The maximum absolute atomic E-state index is 11.5. The lowest BCUT2D eigenvalue weighted by Crippen LogP contribution is -2.49. The topological polar surface area (TPSA) is 44.8 Å². The van der Waals surface area contributed by atoms with Crippen LogP contribution in [0.5, 0.6) is 0 Å². The van der Waals surface area contributed by atoms with E-state index in [4.69, 9.17) is 13.6 Å². The fourth-order valence-corrected chi connectivity index (χ4v) is 9.87. The summed E-state index contributed by atoms with van der Waals surface area (Å²) in [5.41, 5.74) is 4.48. The smallest absolute Gasteiger partial charge is 0.302 e. The fourth-order valence-electron chi connectivity index (χ4n) is 7.27. The molecule has 0 aromatic rings. The van der Waals surface area contributed by atoms with Crippen LogP contribution in [0.2, 0.25) is 36.3 Å². The van der Waals surface area contributed by atoms with E-state index in [9.17, 15) is 4.79 Å². The van der Waals surface area contributed by atoms with Gasteiger partial charge in [0.15, 0.2) is 16.6 Å². The normalized spacial score (nSPS) is 31.2. The lowest BCUT2D eigenvalue weighted by atomic mass is 9.61. The Morgan fingerprint density at radius 1 is 0.976 bits per heavy atom. The Kier molecular flexibility index (Phi) is 10.8. The van der Waals surface area contributed by atoms with Crippen LogP contribution in [0.4, 0.5) is 0 Å². The van der Waals surface area contributed by atoms with E-state index in [1.54, 1.807) is 5.57 Å². The second kappa shape index (κ2) is 12.8. The monoisotopic (exact) mass is 616 g/mol. The zero-order chi connectivity index (χ0) is 31.9. The number of rotatable bonds is 8. The van der Waals surface area contributed by atoms with Crippen LogP contribution in [0.1, 0.15) is 107 Å². The quantitative estimate of drug-likeness (QED) is 0.155. The Balaban J connectivity index is 1.89. The predicted octanol–water partition coefficient (Wildman–Crippen LogP) is 10.4. The van der Waals surface area contributed by atoms with Gasteiger partial charge in [-0.3, -0.25) is 4.79 Å². The first-order valence-corrected chi connectivity index (χ1v) is 22.5. The van der Waals surface area contributed by atoms with Gasteiger partial charge in [-0.2, -0.15) is 0 Å². The fraction of sp³-hybridized carbons (Fsp3) is 0.806. The van der Waals surface area contributed by atoms with E-state index in [-0.39, 0.29) is 33.7 Å². The molecule has 3 aliphatic carbocycles. The number of hydrogen-bond acceptors (Lipinski definition) is 4. The summed E-state index contributed by atoms with van der Waals surface area (Å²) in [6.45, 7) is 34.8. The van der Waals surface area contributed by atoms with E-state index in [0.29, 0.717) is 24.4 Å². The molecule has 3 aliphatic rings. The average Bonchev–Trinajstić information content (AvgIpc) is 3.19. The highest BCUT2D eigenvalue weighted by Crippen LogP contribution is 2.59. The molecule has 0 aliphatic heterocycles. The van der Waals surface area contributed by atoms with Crippen LogP contribution in [-0.2, 0) is 18.4 Å². The highest BCUT2D eigenvalue weighted by molar-refractivity contribution is 6.74. The van der Waals surface area contributed by atoms with E-state index in [1.165, 1.54) is 44.6 Å². The maximum atomic E-state index is 11.5. The van der Waals surface area contributed by atoms with E-state index in [2.05, 4.69) is 100 Å². The van der Waals surface area contributed by atoms with Crippen molar-refractivity contribution in [1.82, 2.24) is 0 Å². The van der Waals surface area contributed by atoms with Crippen molar-refractivity contribution < 1.29 is 18.4 Å². The van der Waals surface area contributed by atoms with Crippen LogP contribution in [0, 0.1) is 23.2 Å². The molecule has 0 amide bonds. The Morgan fingerprint density at radius 3 is 1.98 bits per heavy atom. The summed E-state index contributed by atoms with van der Waals surface area (Å²) in [6, 6.07) is 0. The molecule has 0 spiro atoms. The third-order valence-electron chi connectivity index (χ3n) is 12.0. The van der Waals surface area contributed by atoms with E-state index in [0.717, 1.165) is 18.4 Å². The second-order valence-corrected chi connectivity index (χ2v) is 26.7. The molecule has 3 saturated carbocycles. The Labute approximate surface area is 261 Å². The van der Waals surface area contributed by atoms with Crippen molar-refractivity contribution in [3.63, 3.8) is 0 Å². The number of hydrogen-bond donors (Lipinski definition) is 0. The third kappa shape index (κ3) is 7.81. The Morgan fingerprint density at radius 2 is 1.50 bits per heavy atom. The summed E-state index contributed by atoms with van der Waals surface area (Å²) in [5.74, 6) is 1.44. The lowest BCUT2D eigenvalue weighted by Gasteiger charge is -2.46. The zero-order valence-electron chi connectivity index (χ0n) is 29.5. The van der Waals surface area contributed by atoms with Crippen molar-refractivity contribution in [2.75, 3.05) is 6.61 Å². The number of allylic oxidation sites excluding steroid dienone is 3. The summed E-state index contributed by atoms with van der Waals surface area (Å²) in [5, 5.41) is 0.287.